The van der Waals surface area contributed by atoms with Crippen LogP contribution in [0.15, 0.2) is 101 Å². The van der Waals surface area contributed by atoms with Gasteiger partial charge < -0.3 is 18.8 Å². The Kier molecular flexibility index (Phi) is 7.77. The highest BCUT2D eigenvalue weighted by atomic mass is 32.2. The molecule has 0 bridgehead atoms. The van der Waals surface area contributed by atoms with Crippen LogP contribution in [-0.4, -0.2) is 19.3 Å². The van der Waals surface area contributed by atoms with Gasteiger partial charge in [-0.3, -0.25) is 0 Å². The van der Waals surface area contributed by atoms with Gasteiger partial charge in [0.05, 0.1) is 18.4 Å². The molecule has 3 aromatic carbocycles. The predicted octanol–water partition coefficient (Wildman–Crippen LogP) is 6.61. The van der Waals surface area contributed by atoms with Gasteiger partial charge >= 0.3 is 22.3 Å². The lowest BCUT2D eigenvalue weighted by Crippen LogP contribution is -2.34. The van der Waals surface area contributed by atoms with E-state index in [0.717, 1.165) is 23.8 Å². The second-order valence-electron chi connectivity index (χ2n) is 8.45. The van der Waals surface area contributed by atoms with Gasteiger partial charge in [0.15, 0.2) is 0 Å². The van der Waals surface area contributed by atoms with Gasteiger partial charge in [0.25, 0.3) is 0 Å². The van der Waals surface area contributed by atoms with E-state index >= 15 is 0 Å². The molecule has 11 heteroatoms. The van der Waals surface area contributed by atoms with Crippen molar-refractivity contribution >= 4 is 21.8 Å². The molecule has 0 spiro atoms. The molecule has 0 aliphatic heterocycles. The number of hydrogen-bond acceptors (Lipinski definition) is 5. The molecule has 198 valence electrons. The fourth-order valence-corrected chi connectivity index (χ4v) is 4.60. The Morgan fingerprint density at radius 2 is 1.71 bits per heavy atom. The average molecular weight is 545 g/mol. The van der Waals surface area contributed by atoms with Gasteiger partial charge in [0.2, 0.25) is 0 Å². The maximum absolute atomic E-state index is 13.1. The molecule has 0 saturated heterocycles. The zero-order valence-corrected chi connectivity index (χ0v) is 20.9. The molecule has 0 aliphatic carbocycles. The summed E-state index contributed by atoms with van der Waals surface area (Å²) in [5, 5.41) is 2.83. The molecule has 38 heavy (non-hydrogen) atoms. The maximum atomic E-state index is 13.1. The summed E-state index contributed by atoms with van der Waals surface area (Å²) >= 11 is 0. The number of rotatable bonds is 8. The van der Waals surface area contributed by atoms with Crippen LogP contribution in [0.5, 0.6) is 5.75 Å². The topological polar surface area (TPSA) is 88.9 Å². The van der Waals surface area contributed by atoms with E-state index in [1.54, 1.807) is 24.3 Å². The number of carbonyl (C=O) groups excluding carboxylic acids is 1. The molecule has 1 N–H and O–H groups in total. The highest BCUT2D eigenvalue weighted by Gasteiger charge is 2.32. The van der Waals surface area contributed by atoms with Crippen LogP contribution in [0.3, 0.4) is 0 Å². The monoisotopic (exact) mass is 544 g/mol. The van der Waals surface area contributed by atoms with Gasteiger partial charge in [-0.05, 0) is 72.6 Å². The Bertz CT molecular complexity index is 1520. The van der Waals surface area contributed by atoms with Crippen molar-refractivity contribution in [3.8, 4) is 5.75 Å². The van der Waals surface area contributed by atoms with Crippen molar-refractivity contribution in [3.05, 3.63) is 114 Å². The number of aryl methyl sites for hydroxylation is 1. The first kappa shape index (κ1) is 26.8. The summed E-state index contributed by atoms with van der Waals surface area (Å²) in [5.41, 5.74) is 0.979. The Morgan fingerprint density at radius 1 is 0.947 bits per heavy atom. The van der Waals surface area contributed by atoms with Crippen LogP contribution in [0.1, 0.15) is 22.5 Å². The van der Waals surface area contributed by atoms with E-state index in [0.29, 0.717) is 23.1 Å². The molecule has 4 aromatic rings. The number of nitrogens with one attached hydrogen (secondary N) is 1. The third kappa shape index (κ3) is 6.94. The van der Waals surface area contributed by atoms with Crippen molar-refractivity contribution < 1.29 is 35.0 Å². The molecule has 2 amide bonds. The van der Waals surface area contributed by atoms with Crippen molar-refractivity contribution in [2.45, 2.75) is 31.1 Å². The number of alkyl halides is 3. The fraction of sp³-hybridized carbons (Fsp3) is 0.148. The number of hydrogen-bond donors (Lipinski definition) is 1. The number of nitrogens with zero attached hydrogens (tertiary/aromatic N) is 1. The zero-order valence-electron chi connectivity index (χ0n) is 20.1. The molecule has 0 saturated carbocycles. The van der Waals surface area contributed by atoms with E-state index in [1.807, 2.05) is 25.1 Å². The summed E-state index contributed by atoms with van der Waals surface area (Å²) in [7, 11) is -4.55. The molecule has 0 unspecified atom stereocenters. The van der Waals surface area contributed by atoms with Gasteiger partial charge in [0, 0.05) is 12.2 Å². The van der Waals surface area contributed by atoms with Crippen LogP contribution in [-0.2, 0) is 29.4 Å². The number of furan rings is 1. The Balaban J connectivity index is 1.54. The average Bonchev–Trinajstić information content (AvgIpc) is 3.36. The van der Waals surface area contributed by atoms with Crippen LogP contribution in [0.4, 0.5) is 23.7 Å². The molecule has 0 aliphatic rings. The Labute approximate surface area is 217 Å². The quantitative estimate of drug-likeness (QED) is 0.252. The van der Waals surface area contributed by atoms with Gasteiger partial charge in [-0.1, -0.05) is 30.3 Å². The number of amides is 2. The van der Waals surface area contributed by atoms with Crippen molar-refractivity contribution in [1.82, 2.24) is 4.90 Å². The third-order valence-electron chi connectivity index (χ3n) is 5.41. The lowest BCUT2D eigenvalue weighted by Gasteiger charge is -2.23. The van der Waals surface area contributed by atoms with Crippen molar-refractivity contribution in [3.63, 3.8) is 0 Å². The first-order valence-electron chi connectivity index (χ1n) is 11.4. The van der Waals surface area contributed by atoms with E-state index in [2.05, 4.69) is 5.32 Å². The smallest absolute Gasteiger partial charge is 0.416 e. The van der Waals surface area contributed by atoms with E-state index in [4.69, 9.17) is 8.60 Å². The Morgan fingerprint density at radius 3 is 2.42 bits per heavy atom. The number of carbonyl (C=O) groups is 1. The SMILES string of the molecule is Cc1cccc(NC(=O)N(Cc2cccc(OS(=O)(=O)c3cccc(C(F)(F)F)c3)c2)Cc2ccco2)c1. The van der Waals surface area contributed by atoms with Gasteiger partial charge in [-0.25, -0.2) is 4.79 Å². The highest BCUT2D eigenvalue weighted by Crippen LogP contribution is 2.31. The van der Waals surface area contributed by atoms with Crippen molar-refractivity contribution in [2.75, 3.05) is 5.32 Å². The molecule has 7 nitrogen and oxygen atoms in total. The van der Waals surface area contributed by atoms with Gasteiger partial charge in [-0.2, -0.15) is 21.6 Å². The van der Waals surface area contributed by atoms with E-state index in [-0.39, 0.29) is 18.8 Å². The van der Waals surface area contributed by atoms with E-state index in [1.165, 1.54) is 29.4 Å². The molecule has 0 fully saturated rings. The number of urea groups is 1. The minimum Gasteiger partial charge on any atom is -0.467 e. The van der Waals surface area contributed by atoms with Crippen LogP contribution in [0.2, 0.25) is 0 Å². The number of halogens is 3. The summed E-state index contributed by atoms with van der Waals surface area (Å²) in [5.74, 6) is 0.417. The van der Waals surface area contributed by atoms with Crippen LogP contribution >= 0.6 is 0 Å². The minimum absolute atomic E-state index is 0.0547. The molecular formula is C27H23F3N2O5S. The summed E-state index contributed by atoms with van der Waals surface area (Å²) in [4.78, 5) is 14.0. The fourth-order valence-electron chi connectivity index (χ4n) is 3.63. The van der Waals surface area contributed by atoms with E-state index < -0.39 is 32.8 Å². The van der Waals surface area contributed by atoms with Gasteiger partial charge in [-0.15, -0.1) is 0 Å². The summed E-state index contributed by atoms with van der Waals surface area (Å²) in [6.45, 7) is 2.08. The van der Waals surface area contributed by atoms with Crippen molar-refractivity contribution in [1.29, 1.82) is 0 Å². The zero-order chi connectivity index (χ0) is 27.3. The largest absolute Gasteiger partial charge is 0.467 e. The molecule has 0 radical (unpaired) electrons. The summed E-state index contributed by atoms with van der Waals surface area (Å²) in [6.07, 6.45) is -3.22. The van der Waals surface area contributed by atoms with Crippen molar-refractivity contribution in [2.24, 2.45) is 0 Å². The maximum Gasteiger partial charge on any atom is 0.416 e. The molecule has 1 heterocycles. The second kappa shape index (κ2) is 11.0. The van der Waals surface area contributed by atoms with Crippen LogP contribution in [0, 0.1) is 6.92 Å². The molecule has 1 aromatic heterocycles. The summed E-state index contributed by atoms with van der Waals surface area (Å²) in [6, 6.07) is 19.5. The second-order valence-corrected chi connectivity index (χ2v) is 9.99. The van der Waals surface area contributed by atoms with E-state index in [9.17, 15) is 26.4 Å². The minimum atomic E-state index is -4.71. The first-order valence-corrected chi connectivity index (χ1v) is 12.8. The Hall–Kier alpha value is -4.25. The third-order valence-corrected chi connectivity index (χ3v) is 6.65. The standard InChI is InChI=1S/C27H23F3N2O5S/c1-19-6-2-9-22(14-19)31-26(33)32(18-24-11-5-13-36-24)17-20-7-3-10-23(15-20)37-38(34,35)25-12-4-8-21(16-25)27(28,29)30/h2-16H,17-18H2,1H3,(H,31,33). The molecule has 4 rings (SSSR count). The van der Waals surface area contributed by atoms with Crippen LogP contribution < -0.4 is 9.50 Å². The number of anilines is 1. The highest BCUT2D eigenvalue weighted by molar-refractivity contribution is 7.87. The lowest BCUT2D eigenvalue weighted by atomic mass is 10.2. The lowest BCUT2D eigenvalue weighted by molar-refractivity contribution is -0.137. The predicted molar refractivity (Wildman–Crippen MR) is 134 cm³/mol. The van der Waals surface area contributed by atoms with Gasteiger partial charge in [0.1, 0.15) is 16.4 Å². The molecular weight excluding hydrogens is 521 g/mol. The number of benzene rings is 3. The van der Waals surface area contributed by atoms with Crippen LogP contribution in [0.25, 0.3) is 0 Å². The normalized spacial score (nSPS) is 11.7. The first-order chi connectivity index (χ1) is 18.0. The summed E-state index contributed by atoms with van der Waals surface area (Å²) < 4.78 is 75.0. The molecule has 0 atom stereocenters.